The summed E-state index contributed by atoms with van der Waals surface area (Å²) in [6.07, 6.45) is 0. The van der Waals surface area contributed by atoms with Crippen LogP contribution in [0.4, 0.5) is 5.82 Å². The van der Waals surface area contributed by atoms with Gasteiger partial charge in [-0.25, -0.2) is 18.4 Å². The number of rotatable bonds is 4. The van der Waals surface area contributed by atoms with Crippen LogP contribution < -0.4 is 4.90 Å². The highest BCUT2D eigenvalue weighted by atomic mass is 32.2. The Hall–Kier alpha value is -2.03. The summed E-state index contributed by atoms with van der Waals surface area (Å²) in [7, 11) is -3.13. The maximum absolute atomic E-state index is 12.1. The number of sulfonamides is 1. The Bertz CT molecular complexity index is 1060. The zero-order valence-electron chi connectivity index (χ0n) is 15.4. The largest absolute Gasteiger partial charge is 0.353 e. The van der Waals surface area contributed by atoms with Crippen LogP contribution in [-0.4, -0.2) is 54.6 Å². The molecular weight excluding hydrogens is 380 g/mol. The van der Waals surface area contributed by atoms with Gasteiger partial charge < -0.3 is 4.90 Å². The van der Waals surface area contributed by atoms with Gasteiger partial charge in [0.2, 0.25) is 10.0 Å². The van der Waals surface area contributed by atoms with Gasteiger partial charge in [-0.05, 0) is 25.5 Å². The minimum Gasteiger partial charge on any atom is -0.353 e. The average Bonchev–Trinajstić information content (AvgIpc) is 3.12. The summed E-state index contributed by atoms with van der Waals surface area (Å²) in [5.74, 6) is 1.79. The fourth-order valence-electron chi connectivity index (χ4n) is 3.36. The molecule has 3 aromatic rings. The van der Waals surface area contributed by atoms with E-state index in [1.54, 1.807) is 22.6 Å². The molecule has 0 radical (unpaired) electrons. The molecule has 0 aliphatic carbocycles. The van der Waals surface area contributed by atoms with E-state index in [9.17, 15) is 8.42 Å². The molecule has 1 aromatic carbocycles. The van der Waals surface area contributed by atoms with Gasteiger partial charge in [0, 0.05) is 31.1 Å². The summed E-state index contributed by atoms with van der Waals surface area (Å²) < 4.78 is 25.8. The monoisotopic (exact) mass is 402 g/mol. The minimum absolute atomic E-state index is 0.148. The predicted octanol–water partition coefficient (Wildman–Crippen LogP) is 3.14. The minimum atomic E-state index is -3.13. The maximum Gasteiger partial charge on any atom is 0.213 e. The van der Waals surface area contributed by atoms with Crippen molar-refractivity contribution in [3.05, 3.63) is 42.2 Å². The Morgan fingerprint density at radius 3 is 2.44 bits per heavy atom. The maximum atomic E-state index is 12.1. The number of thiophene rings is 1. The van der Waals surface area contributed by atoms with Gasteiger partial charge in [0.1, 0.15) is 16.5 Å². The second-order valence-electron chi connectivity index (χ2n) is 6.58. The summed E-state index contributed by atoms with van der Waals surface area (Å²) in [4.78, 5) is 13.6. The summed E-state index contributed by atoms with van der Waals surface area (Å²) in [5, 5.41) is 1.04. The summed E-state index contributed by atoms with van der Waals surface area (Å²) in [6, 6.07) is 12.4. The van der Waals surface area contributed by atoms with Crippen molar-refractivity contribution in [2.45, 2.75) is 13.8 Å². The lowest BCUT2D eigenvalue weighted by Gasteiger charge is -2.34. The lowest BCUT2D eigenvalue weighted by atomic mass is 10.2. The SMILES string of the molecule is CCS(=O)(=O)N1CCN(c2nc(C)nc3sc(-c4ccccc4)cc23)CC1. The van der Waals surface area contributed by atoms with Gasteiger partial charge >= 0.3 is 0 Å². The first-order chi connectivity index (χ1) is 13.0. The molecule has 1 aliphatic rings. The number of benzene rings is 1. The quantitative estimate of drug-likeness (QED) is 0.671. The van der Waals surface area contributed by atoms with Crippen LogP contribution in [0.2, 0.25) is 0 Å². The number of piperazine rings is 1. The lowest BCUT2D eigenvalue weighted by molar-refractivity contribution is 0.385. The fraction of sp³-hybridized carbons (Fsp3) is 0.368. The zero-order valence-corrected chi connectivity index (χ0v) is 17.1. The standard InChI is InChI=1S/C19H22N4O2S2/c1-3-27(24,25)23-11-9-22(10-12-23)18-16-13-17(15-7-5-4-6-8-15)26-19(16)21-14(2)20-18/h4-8,13H,3,9-12H2,1-2H3. The highest BCUT2D eigenvalue weighted by Crippen LogP contribution is 2.36. The van der Waals surface area contributed by atoms with E-state index in [-0.39, 0.29) is 5.75 Å². The highest BCUT2D eigenvalue weighted by molar-refractivity contribution is 7.89. The topological polar surface area (TPSA) is 66.4 Å². The second kappa shape index (κ2) is 7.18. The molecule has 8 heteroatoms. The van der Waals surface area contributed by atoms with Crippen molar-refractivity contribution in [3.8, 4) is 10.4 Å². The van der Waals surface area contributed by atoms with Crippen LogP contribution in [0.1, 0.15) is 12.7 Å². The number of hydrogen-bond donors (Lipinski definition) is 0. The molecule has 0 saturated carbocycles. The zero-order chi connectivity index (χ0) is 19.0. The molecule has 0 spiro atoms. The van der Waals surface area contributed by atoms with E-state index in [4.69, 9.17) is 4.98 Å². The third kappa shape index (κ3) is 3.56. The van der Waals surface area contributed by atoms with Crippen molar-refractivity contribution in [3.63, 3.8) is 0 Å². The first kappa shape index (κ1) is 18.3. The predicted molar refractivity (Wildman–Crippen MR) is 111 cm³/mol. The molecule has 0 amide bonds. The van der Waals surface area contributed by atoms with Gasteiger partial charge in [-0.3, -0.25) is 0 Å². The normalized spacial score (nSPS) is 16.1. The van der Waals surface area contributed by atoms with Crippen LogP contribution in [0.25, 0.3) is 20.7 Å². The van der Waals surface area contributed by atoms with Gasteiger partial charge in [0.05, 0.1) is 11.1 Å². The molecule has 1 aliphatic heterocycles. The molecule has 142 valence electrons. The first-order valence-electron chi connectivity index (χ1n) is 9.04. The number of anilines is 1. The number of hydrogen-bond acceptors (Lipinski definition) is 6. The van der Waals surface area contributed by atoms with Crippen molar-refractivity contribution < 1.29 is 8.42 Å². The van der Waals surface area contributed by atoms with Crippen LogP contribution in [0.3, 0.4) is 0 Å². The molecule has 1 fully saturated rings. The molecule has 0 N–H and O–H groups in total. The fourth-order valence-corrected chi connectivity index (χ4v) is 5.52. The van der Waals surface area contributed by atoms with E-state index in [1.165, 1.54) is 10.4 Å². The Labute approximate surface area is 163 Å². The molecule has 2 aromatic heterocycles. The van der Waals surface area contributed by atoms with Gasteiger partial charge in [-0.2, -0.15) is 4.31 Å². The molecule has 6 nitrogen and oxygen atoms in total. The van der Waals surface area contributed by atoms with E-state index in [2.05, 4.69) is 28.1 Å². The van der Waals surface area contributed by atoms with Crippen LogP contribution >= 0.6 is 11.3 Å². The van der Waals surface area contributed by atoms with E-state index in [0.717, 1.165) is 21.9 Å². The van der Waals surface area contributed by atoms with Crippen molar-refractivity contribution in [2.75, 3.05) is 36.8 Å². The molecule has 3 heterocycles. The molecule has 0 bridgehead atoms. The number of aryl methyl sites for hydroxylation is 1. The summed E-state index contributed by atoms with van der Waals surface area (Å²) in [5.41, 5.74) is 1.17. The third-order valence-corrected chi connectivity index (χ3v) is 7.80. The van der Waals surface area contributed by atoms with Crippen molar-refractivity contribution in [2.24, 2.45) is 0 Å². The van der Waals surface area contributed by atoms with Gasteiger partial charge in [-0.15, -0.1) is 11.3 Å². The van der Waals surface area contributed by atoms with Crippen molar-refractivity contribution in [1.29, 1.82) is 0 Å². The Balaban J connectivity index is 1.67. The Kier molecular flexibility index (Phi) is 4.88. The summed E-state index contributed by atoms with van der Waals surface area (Å²) >= 11 is 1.67. The van der Waals surface area contributed by atoms with Crippen LogP contribution in [0.5, 0.6) is 0 Å². The first-order valence-corrected chi connectivity index (χ1v) is 11.5. The van der Waals surface area contributed by atoms with E-state index in [1.807, 2.05) is 25.1 Å². The van der Waals surface area contributed by atoms with Crippen LogP contribution in [-0.2, 0) is 10.0 Å². The van der Waals surface area contributed by atoms with E-state index >= 15 is 0 Å². The summed E-state index contributed by atoms with van der Waals surface area (Å²) in [6.45, 7) is 5.87. The molecule has 0 unspecified atom stereocenters. The second-order valence-corrected chi connectivity index (χ2v) is 9.86. The molecule has 0 atom stereocenters. The molecule has 1 saturated heterocycles. The number of nitrogens with zero attached hydrogens (tertiary/aromatic N) is 4. The van der Waals surface area contributed by atoms with Gasteiger partial charge in [0.25, 0.3) is 0 Å². The third-order valence-electron chi connectivity index (χ3n) is 4.84. The molecule has 27 heavy (non-hydrogen) atoms. The lowest BCUT2D eigenvalue weighted by Crippen LogP contribution is -2.49. The molecule has 4 rings (SSSR count). The van der Waals surface area contributed by atoms with Crippen molar-refractivity contribution >= 4 is 37.4 Å². The van der Waals surface area contributed by atoms with Crippen LogP contribution in [0.15, 0.2) is 36.4 Å². The Morgan fingerprint density at radius 2 is 1.78 bits per heavy atom. The van der Waals surface area contributed by atoms with Gasteiger partial charge in [-0.1, -0.05) is 30.3 Å². The van der Waals surface area contributed by atoms with E-state index < -0.39 is 10.0 Å². The van der Waals surface area contributed by atoms with Crippen molar-refractivity contribution in [1.82, 2.24) is 14.3 Å². The van der Waals surface area contributed by atoms with Gasteiger partial charge in [0.15, 0.2) is 0 Å². The average molecular weight is 403 g/mol. The highest BCUT2D eigenvalue weighted by Gasteiger charge is 2.27. The smallest absolute Gasteiger partial charge is 0.213 e. The number of aromatic nitrogens is 2. The Morgan fingerprint density at radius 1 is 1.07 bits per heavy atom. The van der Waals surface area contributed by atoms with Crippen LogP contribution in [0, 0.1) is 6.92 Å². The molecular formula is C19H22N4O2S2. The van der Waals surface area contributed by atoms with E-state index in [0.29, 0.717) is 26.2 Å². The number of fused-ring (bicyclic) bond motifs is 1.